The topological polar surface area (TPSA) is 68.8 Å². The molecule has 3 amide bonds. The highest BCUT2D eigenvalue weighted by molar-refractivity contribution is 6.07. The Hall–Kier alpha value is -2.77. The molecule has 0 bridgehead atoms. The van der Waals surface area contributed by atoms with E-state index in [-0.39, 0.29) is 17.9 Å². The summed E-state index contributed by atoms with van der Waals surface area (Å²) in [6, 6.07) is 13.4. The van der Waals surface area contributed by atoms with Crippen LogP contribution in [0.5, 0.6) is 0 Å². The van der Waals surface area contributed by atoms with E-state index < -0.39 is 5.54 Å². The quantitative estimate of drug-likeness (QED) is 0.696. The molecule has 1 atom stereocenters. The van der Waals surface area contributed by atoms with Crippen LogP contribution in [-0.4, -0.2) is 64.5 Å². The van der Waals surface area contributed by atoms with E-state index in [0.29, 0.717) is 13.1 Å². The summed E-state index contributed by atoms with van der Waals surface area (Å²) in [6.07, 6.45) is 4.22. The number of amides is 3. The molecular formula is C24H31N5O2. The first-order valence-electron chi connectivity index (χ1n) is 11.0. The molecule has 1 unspecified atom stereocenters. The first-order valence-corrected chi connectivity index (χ1v) is 11.0. The second-order valence-corrected chi connectivity index (χ2v) is 8.92. The fourth-order valence-electron chi connectivity index (χ4n) is 4.58. The highest BCUT2D eigenvalue weighted by Crippen LogP contribution is 2.35. The van der Waals surface area contributed by atoms with Gasteiger partial charge in [0.25, 0.3) is 5.91 Å². The third kappa shape index (κ3) is 4.62. The number of nitrogens with one attached hydrogen (secondary N) is 1. The highest BCUT2D eigenvalue weighted by atomic mass is 16.2. The maximum absolute atomic E-state index is 13.6. The Kier molecular flexibility index (Phi) is 6.34. The third-order valence-corrected chi connectivity index (χ3v) is 6.12. The number of imide groups is 1. The molecular weight excluding hydrogens is 390 g/mol. The van der Waals surface area contributed by atoms with E-state index in [0.717, 1.165) is 38.3 Å². The van der Waals surface area contributed by atoms with E-state index in [9.17, 15) is 9.59 Å². The molecule has 2 aliphatic rings. The molecule has 2 saturated heterocycles. The smallest absolute Gasteiger partial charge is 0.319 e. The summed E-state index contributed by atoms with van der Waals surface area (Å²) in [4.78, 5) is 36.5. The van der Waals surface area contributed by atoms with Gasteiger partial charge in [-0.2, -0.15) is 0 Å². The molecule has 0 aliphatic carbocycles. The zero-order chi connectivity index (χ0) is 21.8. The van der Waals surface area contributed by atoms with E-state index in [1.165, 1.54) is 10.5 Å². The minimum absolute atomic E-state index is 0.142. The number of aromatic nitrogens is 1. The first-order chi connectivity index (χ1) is 15.0. The predicted molar refractivity (Wildman–Crippen MR) is 119 cm³/mol. The molecule has 164 valence electrons. The number of hydrogen-bond donors (Lipinski definition) is 1. The molecule has 1 N–H and O–H groups in total. The minimum atomic E-state index is -0.977. The van der Waals surface area contributed by atoms with Gasteiger partial charge in [-0.15, -0.1) is 0 Å². The van der Waals surface area contributed by atoms with Crippen LogP contribution in [0.25, 0.3) is 0 Å². The number of nitrogens with zero attached hydrogens (tertiary/aromatic N) is 4. The van der Waals surface area contributed by atoms with Crippen molar-refractivity contribution in [3.05, 3.63) is 66.0 Å². The molecule has 0 spiro atoms. The van der Waals surface area contributed by atoms with E-state index in [1.807, 2.05) is 54.9 Å². The maximum atomic E-state index is 13.6. The number of piperazine rings is 1. The van der Waals surface area contributed by atoms with Gasteiger partial charge in [-0.05, 0) is 35.6 Å². The lowest BCUT2D eigenvalue weighted by Gasteiger charge is -2.36. The molecule has 0 saturated carbocycles. The Morgan fingerprint density at radius 3 is 2.26 bits per heavy atom. The second kappa shape index (κ2) is 9.16. The maximum Gasteiger partial charge on any atom is 0.326 e. The van der Waals surface area contributed by atoms with Crippen molar-refractivity contribution in [1.82, 2.24) is 25.0 Å². The average Bonchev–Trinajstić information content (AvgIpc) is 3.01. The summed E-state index contributed by atoms with van der Waals surface area (Å²) in [5.74, 6) is 0.123. The van der Waals surface area contributed by atoms with Crippen molar-refractivity contribution >= 4 is 11.9 Å². The van der Waals surface area contributed by atoms with Crippen LogP contribution in [0.2, 0.25) is 0 Å². The molecule has 1 aromatic heterocycles. The van der Waals surface area contributed by atoms with Crippen molar-refractivity contribution in [2.45, 2.75) is 32.4 Å². The highest BCUT2D eigenvalue weighted by Gasteiger charge is 2.52. The first kappa shape index (κ1) is 21.5. The summed E-state index contributed by atoms with van der Waals surface area (Å²) in [5, 5.41) is 3.04. The van der Waals surface area contributed by atoms with Gasteiger partial charge in [-0.1, -0.05) is 44.2 Å². The van der Waals surface area contributed by atoms with Crippen LogP contribution >= 0.6 is 0 Å². The SMILES string of the molecule is CC(C)CC1(c2ccccc2)NC(=O)N(CN2CCN(Cc3ccncc3)CC2)C1=O. The van der Waals surface area contributed by atoms with Gasteiger partial charge in [0.05, 0.1) is 6.67 Å². The molecule has 31 heavy (non-hydrogen) atoms. The van der Waals surface area contributed by atoms with Crippen LogP contribution in [0.4, 0.5) is 4.79 Å². The molecule has 1 aromatic carbocycles. The van der Waals surface area contributed by atoms with Gasteiger partial charge in [0.15, 0.2) is 0 Å². The summed E-state index contributed by atoms with van der Waals surface area (Å²) in [7, 11) is 0. The fraction of sp³-hybridized carbons (Fsp3) is 0.458. The van der Waals surface area contributed by atoms with Gasteiger partial charge < -0.3 is 5.32 Å². The number of carbonyl (C=O) groups is 2. The molecule has 3 heterocycles. The summed E-state index contributed by atoms with van der Waals surface area (Å²) < 4.78 is 0. The number of benzene rings is 1. The van der Waals surface area contributed by atoms with Crippen LogP contribution in [-0.2, 0) is 16.9 Å². The lowest BCUT2D eigenvalue weighted by molar-refractivity contribution is -0.134. The minimum Gasteiger partial charge on any atom is -0.319 e. The van der Waals surface area contributed by atoms with Gasteiger partial charge in [-0.3, -0.25) is 19.6 Å². The van der Waals surface area contributed by atoms with Crippen molar-refractivity contribution in [2.75, 3.05) is 32.8 Å². The zero-order valence-electron chi connectivity index (χ0n) is 18.3. The number of rotatable bonds is 7. The Balaban J connectivity index is 1.41. The standard InChI is InChI=1S/C24H31N5O2/c1-19(2)16-24(21-6-4-3-5-7-21)22(30)29(23(31)26-24)18-28-14-12-27(13-15-28)17-20-8-10-25-11-9-20/h3-11,19H,12-18H2,1-2H3,(H,26,31). The lowest BCUT2D eigenvalue weighted by Crippen LogP contribution is -2.51. The monoisotopic (exact) mass is 421 g/mol. The van der Waals surface area contributed by atoms with E-state index in [2.05, 4.69) is 33.9 Å². The number of pyridine rings is 1. The van der Waals surface area contributed by atoms with Gasteiger partial charge >= 0.3 is 6.03 Å². The van der Waals surface area contributed by atoms with Gasteiger partial charge in [0.1, 0.15) is 5.54 Å². The third-order valence-electron chi connectivity index (χ3n) is 6.12. The molecule has 2 fully saturated rings. The number of carbonyl (C=O) groups excluding carboxylic acids is 2. The second-order valence-electron chi connectivity index (χ2n) is 8.92. The zero-order valence-corrected chi connectivity index (χ0v) is 18.3. The van der Waals surface area contributed by atoms with Crippen molar-refractivity contribution in [3.8, 4) is 0 Å². The van der Waals surface area contributed by atoms with Crippen molar-refractivity contribution in [3.63, 3.8) is 0 Å². The van der Waals surface area contributed by atoms with E-state index >= 15 is 0 Å². The number of hydrogen-bond acceptors (Lipinski definition) is 5. The molecule has 7 nitrogen and oxygen atoms in total. The molecule has 0 radical (unpaired) electrons. The summed E-state index contributed by atoms with van der Waals surface area (Å²) >= 11 is 0. The average molecular weight is 422 g/mol. The molecule has 2 aliphatic heterocycles. The van der Waals surface area contributed by atoms with Gasteiger partial charge in [0.2, 0.25) is 0 Å². The fourth-order valence-corrected chi connectivity index (χ4v) is 4.58. The van der Waals surface area contributed by atoms with Crippen LogP contribution in [0.15, 0.2) is 54.9 Å². The normalized spacial score (nSPS) is 22.9. The lowest BCUT2D eigenvalue weighted by atomic mass is 9.82. The van der Waals surface area contributed by atoms with Gasteiger partial charge in [0, 0.05) is 45.1 Å². The number of urea groups is 1. The molecule has 2 aromatic rings. The Bertz CT molecular complexity index is 897. The largest absolute Gasteiger partial charge is 0.326 e. The van der Waals surface area contributed by atoms with Gasteiger partial charge in [-0.25, -0.2) is 9.69 Å². The Morgan fingerprint density at radius 1 is 0.968 bits per heavy atom. The van der Waals surface area contributed by atoms with E-state index in [4.69, 9.17) is 0 Å². The summed E-state index contributed by atoms with van der Waals surface area (Å²) in [5.41, 5.74) is 1.13. The Morgan fingerprint density at radius 2 is 1.61 bits per heavy atom. The summed E-state index contributed by atoms with van der Waals surface area (Å²) in [6.45, 7) is 8.84. The van der Waals surface area contributed by atoms with Crippen molar-refractivity contribution < 1.29 is 9.59 Å². The molecule has 4 rings (SSSR count). The van der Waals surface area contributed by atoms with Crippen LogP contribution < -0.4 is 5.32 Å². The molecule has 7 heteroatoms. The van der Waals surface area contributed by atoms with Crippen LogP contribution in [0.1, 0.15) is 31.4 Å². The van der Waals surface area contributed by atoms with Crippen molar-refractivity contribution in [1.29, 1.82) is 0 Å². The van der Waals surface area contributed by atoms with Crippen LogP contribution in [0, 0.1) is 5.92 Å². The Labute approximate surface area is 184 Å². The van der Waals surface area contributed by atoms with Crippen LogP contribution in [0.3, 0.4) is 0 Å². The van der Waals surface area contributed by atoms with Crippen molar-refractivity contribution in [2.24, 2.45) is 5.92 Å². The van der Waals surface area contributed by atoms with E-state index in [1.54, 1.807) is 0 Å². The predicted octanol–water partition coefficient (Wildman–Crippen LogP) is 2.65.